The zero-order valence-corrected chi connectivity index (χ0v) is 26.5. The van der Waals surface area contributed by atoms with E-state index in [0.29, 0.717) is 0 Å². The molecule has 224 valence electrons. The van der Waals surface area contributed by atoms with Crippen LogP contribution in [-0.2, 0) is 0 Å². The van der Waals surface area contributed by atoms with Crippen LogP contribution in [0.25, 0.3) is 88.0 Å². The lowest BCUT2D eigenvalue weighted by molar-refractivity contribution is 1.59. The molecular weight excluding hydrogens is 577 g/mol. The Bertz CT molecular complexity index is 2590. The molecular formula is C48H32. The Balaban J connectivity index is 1.06. The van der Waals surface area contributed by atoms with E-state index in [2.05, 4.69) is 194 Å². The topological polar surface area (TPSA) is 0 Å². The summed E-state index contributed by atoms with van der Waals surface area (Å²) >= 11 is 0. The molecule has 0 bridgehead atoms. The number of rotatable bonds is 5. The molecule has 0 fully saturated rings. The van der Waals surface area contributed by atoms with E-state index in [9.17, 15) is 0 Å². The highest BCUT2D eigenvalue weighted by molar-refractivity contribution is 6.06. The van der Waals surface area contributed by atoms with Crippen LogP contribution in [0.5, 0.6) is 0 Å². The maximum atomic E-state index is 2.33. The van der Waals surface area contributed by atoms with Crippen molar-refractivity contribution in [2.75, 3.05) is 0 Å². The Morgan fingerprint density at radius 1 is 0.188 bits per heavy atom. The molecule has 0 nitrogen and oxygen atoms in total. The minimum absolute atomic E-state index is 1.22. The van der Waals surface area contributed by atoms with Crippen molar-refractivity contribution in [3.63, 3.8) is 0 Å². The molecule has 0 unspecified atom stereocenters. The van der Waals surface area contributed by atoms with E-state index in [1.54, 1.807) is 0 Å². The molecule has 0 radical (unpaired) electrons. The number of fused-ring (bicyclic) bond motifs is 3. The van der Waals surface area contributed by atoms with Gasteiger partial charge >= 0.3 is 0 Å². The molecule has 0 atom stereocenters. The third kappa shape index (κ3) is 5.05. The summed E-state index contributed by atoms with van der Waals surface area (Å²) < 4.78 is 0. The van der Waals surface area contributed by atoms with Gasteiger partial charge in [-0.2, -0.15) is 0 Å². The summed E-state index contributed by atoms with van der Waals surface area (Å²) in [5.74, 6) is 0. The fraction of sp³-hybridized carbons (Fsp3) is 0. The average Bonchev–Trinajstić information content (AvgIpc) is 3.17. The second-order valence-electron chi connectivity index (χ2n) is 12.5. The van der Waals surface area contributed by atoms with Gasteiger partial charge in [0.1, 0.15) is 0 Å². The molecule has 0 saturated heterocycles. The highest BCUT2D eigenvalue weighted by Gasteiger charge is 2.12. The van der Waals surface area contributed by atoms with Crippen molar-refractivity contribution in [1.82, 2.24) is 0 Å². The molecule has 0 aliphatic carbocycles. The van der Waals surface area contributed by atoms with Gasteiger partial charge in [-0.25, -0.2) is 0 Å². The van der Waals surface area contributed by atoms with E-state index in [0.717, 1.165) is 0 Å². The summed E-state index contributed by atoms with van der Waals surface area (Å²) in [6.07, 6.45) is 0. The van der Waals surface area contributed by atoms with Crippen molar-refractivity contribution in [1.29, 1.82) is 0 Å². The summed E-state index contributed by atoms with van der Waals surface area (Å²) in [6.45, 7) is 0. The maximum absolute atomic E-state index is 2.33. The van der Waals surface area contributed by atoms with Crippen LogP contribution in [0.3, 0.4) is 0 Å². The van der Waals surface area contributed by atoms with Gasteiger partial charge in [0.2, 0.25) is 0 Å². The van der Waals surface area contributed by atoms with Gasteiger partial charge in [-0.1, -0.05) is 176 Å². The van der Waals surface area contributed by atoms with Gasteiger partial charge in [-0.15, -0.1) is 0 Å². The lowest BCUT2D eigenvalue weighted by Crippen LogP contribution is -1.88. The summed E-state index contributed by atoms with van der Waals surface area (Å²) in [5, 5.41) is 7.58. The molecule has 0 heteroatoms. The number of hydrogen-bond acceptors (Lipinski definition) is 0. The second-order valence-corrected chi connectivity index (χ2v) is 12.5. The summed E-state index contributed by atoms with van der Waals surface area (Å²) in [4.78, 5) is 0. The first-order valence-corrected chi connectivity index (χ1v) is 16.6. The highest BCUT2D eigenvalue weighted by Crippen LogP contribution is 2.38. The van der Waals surface area contributed by atoms with Crippen molar-refractivity contribution in [3.05, 3.63) is 194 Å². The molecule has 0 heterocycles. The van der Waals surface area contributed by atoms with E-state index in [1.165, 1.54) is 88.0 Å². The zero-order chi connectivity index (χ0) is 31.9. The van der Waals surface area contributed by atoms with E-state index < -0.39 is 0 Å². The number of benzene rings is 9. The molecule has 0 saturated carbocycles. The summed E-state index contributed by atoms with van der Waals surface area (Å²) in [7, 11) is 0. The molecule has 0 aliphatic rings. The maximum Gasteiger partial charge on any atom is -0.00992 e. The molecule has 48 heavy (non-hydrogen) atoms. The lowest BCUT2D eigenvalue weighted by Gasteiger charge is -2.14. The fourth-order valence-electron chi connectivity index (χ4n) is 7.21. The number of hydrogen-bond donors (Lipinski definition) is 0. The minimum atomic E-state index is 1.22. The van der Waals surface area contributed by atoms with Crippen LogP contribution in [-0.4, -0.2) is 0 Å². The van der Waals surface area contributed by atoms with Crippen molar-refractivity contribution >= 4 is 32.3 Å². The van der Waals surface area contributed by atoms with Crippen molar-refractivity contribution < 1.29 is 0 Å². The Hall–Kier alpha value is -6.24. The molecule has 9 aromatic carbocycles. The molecule has 0 N–H and O–H groups in total. The third-order valence-electron chi connectivity index (χ3n) is 9.67. The monoisotopic (exact) mass is 608 g/mol. The van der Waals surface area contributed by atoms with E-state index >= 15 is 0 Å². The van der Waals surface area contributed by atoms with Crippen LogP contribution in [0.15, 0.2) is 194 Å². The van der Waals surface area contributed by atoms with Crippen LogP contribution < -0.4 is 0 Å². The molecule has 0 spiro atoms. The predicted octanol–water partition coefficient (Wildman–Crippen LogP) is 13.5. The molecule has 0 aromatic heterocycles. The van der Waals surface area contributed by atoms with Crippen LogP contribution in [0.4, 0.5) is 0 Å². The summed E-state index contributed by atoms with van der Waals surface area (Å²) in [6, 6.07) is 70.7. The van der Waals surface area contributed by atoms with Gasteiger partial charge in [0, 0.05) is 0 Å². The van der Waals surface area contributed by atoms with Crippen LogP contribution in [0, 0.1) is 0 Å². The largest absolute Gasteiger partial charge is 0.0622 e. The van der Waals surface area contributed by atoms with E-state index in [1.807, 2.05) is 0 Å². The van der Waals surface area contributed by atoms with Crippen LogP contribution in [0.2, 0.25) is 0 Å². The van der Waals surface area contributed by atoms with Gasteiger partial charge in [-0.05, 0) is 106 Å². The predicted molar refractivity (Wildman–Crippen MR) is 206 cm³/mol. The Morgan fingerprint density at radius 3 is 1.38 bits per heavy atom. The first-order valence-electron chi connectivity index (χ1n) is 16.6. The third-order valence-corrected chi connectivity index (χ3v) is 9.67. The molecule has 0 amide bonds. The van der Waals surface area contributed by atoms with Crippen molar-refractivity contribution in [2.24, 2.45) is 0 Å². The second kappa shape index (κ2) is 11.8. The highest BCUT2D eigenvalue weighted by atomic mass is 14.2. The summed E-state index contributed by atoms with van der Waals surface area (Å²) in [5.41, 5.74) is 12.4. The molecule has 0 aliphatic heterocycles. The van der Waals surface area contributed by atoms with Gasteiger partial charge in [0.25, 0.3) is 0 Å². The standard InChI is InChI=1S/C48H32/c1-2-10-33(11-3-1)38-24-25-40-32-42(27-26-39(40)30-38)46-29-28-45(47-17-6-7-18-48(46)47)41-15-8-14-37(31-41)34-20-22-36(23-21-34)44-19-9-13-35-12-4-5-16-43(35)44/h1-32H. The van der Waals surface area contributed by atoms with Crippen molar-refractivity contribution in [2.45, 2.75) is 0 Å². The SMILES string of the molecule is c1ccc(-c2ccc3cc(-c4ccc(-c5cccc(-c6ccc(-c7cccc8ccccc78)cc6)c5)c5ccccc45)ccc3c2)cc1. The van der Waals surface area contributed by atoms with Crippen LogP contribution >= 0.6 is 0 Å². The average molecular weight is 609 g/mol. The van der Waals surface area contributed by atoms with Gasteiger partial charge in [0.05, 0.1) is 0 Å². The Labute approximate surface area is 281 Å². The Kier molecular flexibility index (Phi) is 6.91. The lowest BCUT2D eigenvalue weighted by atomic mass is 9.90. The van der Waals surface area contributed by atoms with Crippen molar-refractivity contribution in [3.8, 4) is 55.6 Å². The first kappa shape index (κ1) is 28.0. The first-order chi connectivity index (χ1) is 23.8. The molecule has 9 rings (SSSR count). The van der Waals surface area contributed by atoms with E-state index in [4.69, 9.17) is 0 Å². The Morgan fingerprint density at radius 2 is 0.625 bits per heavy atom. The van der Waals surface area contributed by atoms with Crippen LogP contribution in [0.1, 0.15) is 0 Å². The normalized spacial score (nSPS) is 11.3. The smallest absolute Gasteiger partial charge is 0.00992 e. The minimum Gasteiger partial charge on any atom is -0.0622 e. The van der Waals surface area contributed by atoms with Gasteiger partial charge in [0.15, 0.2) is 0 Å². The quantitative estimate of drug-likeness (QED) is 0.182. The zero-order valence-electron chi connectivity index (χ0n) is 26.5. The van der Waals surface area contributed by atoms with Gasteiger partial charge in [-0.3, -0.25) is 0 Å². The van der Waals surface area contributed by atoms with Gasteiger partial charge < -0.3 is 0 Å². The fourth-order valence-corrected chi connectivity index (χ4v) is 7.21. The van der Waals surface area contributed by atoms with E-state index in [-0.39, 0.29) is 0 Å². The molecule has 9 aromatic rings.